The number of nitrogens with zero attached hydrogens (tertiary/aromatic N) is 1. The Balaban J connectivity index is 1.42. The van der Waals surface area contributed by atoms with Gasteiger partial charge in [0.05, 0.1) is 17.4 Å². The Kier molecular flexibility index (Phi) is 6.58. The van der Waals surface area contributed by atoms with Gasteiger partial charge in [-0.15, -0.1) is 0 Å². The summed E-state index contributed by atoms with van der Waals surface area (Å²) in [6.45, 7) is 3.72. The maximum atomic E-state index is 12.8. The highest BCUT2D eigenvalue weighted by molar-refractivity contribution is 5.97. The van der Waals surface area contributed by atoms with E-state index >= 15 is 0 Å². The van der Waals surface area contributed by atoms with Gasteiger partial charge in [-0.3, -0.25) is 9.78 Å². The Hall–Kier alpha value is -4.20. The topological polar surface area (TPSA) is 118 Å². The highest BCUT2D eigenvalue weighted by Crippen LogP contribution is 2.44. The Morgan fingerprint density at radius 2 is 1.62 bits per heavy atom. The van der Waals surface area contributed by atoms with Crippen molar-refractivity contribution < 1.29 is 24.2 Å². The smallest absolute Gasteiger partial charge is 0.407 e. The third-order valence-electron chi connectivity index (χ3n) is 5.82. The number of benzene rings is 2. The van der Waals surface area contributed by atoms with Crippen molar-refractivity contribution in [2.75, 3.05) is 11.9 Å². The number of ether oxygens (including phenoxy) is 1. The zero-order chi connectivity index (χ0) is 24.2. The molecule has 1 aromatic heterocycles. The van der Waals surface area contributed by atoms with Crippen LogP contribution in [0.15, 0.2) is 67.0 Å². The number of rotatable bonds is 7. The zero-order valence-electron chi connectivity index (χ0n) is 18.8. The van der Waals surface area contributed by atoms with E-state index in [2.05, 4.69) is 27.8 Å². The summed E-state index contributed by atoms with van der Waals surface area (Å²) in [6, 6.07) is 16.5. The van der Waals surface area contributed by atoms with Crippen molar-refractivity contribution in [3.8, 4) is 11.1 Å². The Labute approximate surface area is 197 Å². The summed E-state index contributed by atoms with van der Waals surface area (Å²) in [5.74, 6) is -1.97. The Morgan fingerprint density at radius 1 is 1.00 bits per heavy atom. The molecule has 0 aliphatic heterocycles. The number of pyridine rings is 1. The summed E-state index contributed by atoms with van der Waals surface area (Å²) >= 11 is 0. The number of carboxylic acids is 1. The van der Waals surface area contributed by atoms with Gasteiger partial charge in [-0.05, 0) is 34.2 Å². The molecule has 1 aliphatic carbocycles. The van der Waals surface area contributed by atoms with Gasteiger partial charge in [-0.2, -0.15) is 0 Å². The van der Waals surface area contributed by atoms with E-state index in [0.29, 0.717) is 0 Å². The number of fused-ring (bicyclic) bond motifs is 3. The van der Waals surface area contributed by atoms with Gasteiger partial charge < -0.3 is 20.5 Å². The van der Waals surface area contributed by atoms with Crippen LogP contribution >= 0.6 is 0 Å². The molecule has 8 heteroatoms. The van der Waals surface area contributed by atoms with Crippen LogP contribution in [0.25, 0.3) is 11.1 Å². The third-order valence-corrected chi connectivity index (χ3v) is 5.82. The first-order chi connectivity index (χ1) is 16.3. The monoisotopic (exact) mass is 459 g/mol. The fourth-order valence-electron chi connectivity index (χ4n) is 4.15. The molecule has 4 rings (SSSR count). The minimum Gasteiger partial charge on any atom is -0.478 e. The molecule has 3 N–H and O–H groups in total. The van der Waals surface area contributed by atoms with Crippen LogP contribution in [0.5, 0.6) is 0 Å². The Bertz CT molecular complexity index is 1190. The number of hydrogen-bond donors (Lipinski definition) is 3. The summed E-state index contributed by atoms with van der Waals surface area (Å²) in [6.07, 6.45) is 1.83. The number of anilines is 1. The van der Waals surface area contributed by atoms with Crippen LogP contribution in [0.3, 0.4) is 0 Å². The first-order valence-electron chi connectivity index (χ1n) is 11.0. The number of amides is 2. The maximum absolute atomic E-state index is 12.8. The quantitative estimate of drug-likeness (QED) is 0.485. The lowest BCUT2D eigenvalue weighted by atomic mass is 9.98. The van der Waals surface area contributed by atoms with Crippen LogP contribution in [0.4, 0.5) is 10.5 Å². The fraction of sp³-hybridized carbons (Fsp3) is 0.231. The molecule has 0 fully saturated rings. The molecule has 34 heavy (non-hydrogen) atoms. The summed E-state index contributed by atoms with van der Waals surface area (Å²) in [5.41, 5.74) is 4.63. The number of aromatic carboxylic acids is 1. The van der Waals surface area contributed by atoms with Gasteiger partial charge >= 0.3 is 12.1 Å². The maximum Gasteiger partial charge on any atom is 0.407 e. The van der Waals surface area contributed by atoms with Crippen molar-refractivity contribution >= 4 is 23.7 Å². The highest BCUT2D eigenvalue weighted by atomic mass is 16.5. The molecule has 8 nitrogen and oxygen atoms in total. The lowest BCUT2D eigenvalue weighted by Gasteiger charge is -2.22. The van der Waals surface area contributed by atoms with Gasteiger partial charge in [-0.1, -0.05) is 62.4 Å². The molecule has 0 saturated heterocycles. The largest absolute Gasteiger partial charge is 0.478 e. The lowest BCUT2D eigenvalue weighted by molar-refractivity contribution is -0.119. The van der Waals surface area contributed by atoms with Gasteiger partial charge in [0.15, 0.2) is 0 Å². The number of alkyl carbamates (subject to hydrolysis) is 1. The molecule has 174 valence electrons. The average Bonchev–Trinajstić information content (AvgIpc) is 3.15. The van der Waals surface area contributed by atoms with Crippen molar-refractivity contribution in [3.63, 3.8) is 0 Å². The lowest BCUT2D eigenvalue weighted by Crippen LogP contribution is -2.47. The number of hydrogen-bond acceptors (Lipinski definition) is 5. The number of aromatic nitrogens is 1. The van der Waals surface area contributed by atoms with Crippen LogP contribution in [0.2, 0.25) is 0 Å². The van der Waals surface area contributed by atoms with Crippen molar-refractivity contribution in [3.05, 3.63) is 83.7 Å². The highest BCUT2D eigenvalue weighted by Gasteiger charge is 2.30. The summed E-state index contributed by atoms with van der Waals surface area (Å²) in [5, 5.41) is 14.4. The van der Waals surface area contributed by atoms with Crippen LogP contribution in [0, 0.1) is 5.92 Å². The second-order valence-corrected chi connectivity index (χ2v) is 8.45. The first kappa shape index (κ1) is 23.0. The first-order valence-corrected chi connectivity index (χ1v) is 11.0. The second kappa shape index (κ2) is 9.74. The summed E-state index contributed by atoms with van der Waals surface area (Å²) in [4.78, 5) is 40.4. The van der Waals surface area contributed by atoms with Crippen LogP contribution in [-0.2, 0) is 9.53 Å². The van der Waals surface area contributed by atoms with Crippen LogP contribution in [0.1, 0.15) is 41.3 Å². The molecule has 1 atom stereocenters. The van der Waals surface area contributed by atoms with E-state index < -0.39 is 24.0 Å². The van der Waals surface area contributed by atoms with E-state index in [1.54, 1.807) is 13.8 Å². The van der Waals surface area contributed by atoms with E-state index in [0.717, 1.165) is 22.3 Å². The average molecular weight is 460 g/mol. The van der Waals surface area contributed by atoms with Gasteiger partial charge in [-0.25, -0.2) is 9.59 Å². The van der Waals surface area contributed by atoms with Crippen LogP contribution < -0.4 is 10.6 Å². The molecular weight excluding hydrogens is 434 g/mol. The SMILES string of the molecule is CC(C)C(NC(=O)OCC1c2ccccc2-c2ccccc21)C(=O)Nc1cncc(C(=O)O)c1. The van der Waals surface area contributed by atoms with Crippen molar-refractivity contribution in [1.82, 2.24) is 10.3 Å². The number of carbonyl (C=O) groups excluding carboxylic acids is 2. The molecule has 0 radical (unpaired) electrons. The standard InChI is InChI=1S/C26H25N3O5/c1-15(2)23(24(30)28-17-11-16(25(31)32)12-27-13-17)29-26(33)34-14-22-20-9-5-3-7-18(20)19-8-4-6-10-21(19)22/h3-13,15,22-23H,14H2,1-2H3,(H,28,30)(H,29,33)(H,31,32). The molecule has 3 aromatic rings. The molecule has 0 saturated carbocycles. The number of carboxylic acid groups (broad SMARTS) is 1. The minimum absolute atomic E-state index is 0.0524. The molecule has 1 aliphatic rings. The van der Waals surface area contributed by atoms with E-state index in [-0.39, 0.29) is 29.7 Å². The zero-order valence-corrected chi connectivity index (χ0v) is 18.8. The predicted octanol–water partition coefficient (Wildman–Crippen LogP) is 4.28. The van der Waals surface area contributed by atoms with E-state index in [4.69, 9.17) is 9.84 Å². The summed E-state index contributed by atoms with van der Waals surface area (Å²) in [7, 11) is 0. The van der Waals surface area contributed by atoms with Gasteiger partial charge in [0.2, 0.25) is 5.91 Å². The molecule has 2 amide bonds. The second-order valence-electron chi connectivity index (χ2n) is 8.45. The molecule has 0 spiro atoms. The Morgan fingerprint density at radius 3 is 2.21 bits per heavy atom. The van der Waals surface area contributed by atoms with Gasteiger partial charge in [0, 0.05) is 12.1 Å². The van der Waals surface area contributed by atoms with E-state index in [1.165, 1.54) is 18.5 Å². The van der Waals surface area contributed by atoms with Gasteiger partial charge in [0.25, 0.3) is 0 Å². The molecule has 2 aromatic carbocycles. The van der Waals surface area contributed by atoms with Crippen molar-refractivity contribution in [2.45, 2.75) is 25.8 Å². The van der Waals surface area contributed by atoms with Gasteiger partial charge in [0.1, 0.15) is 12.6 Å². The number of carbonyl (C=O) groups is 3. The van der Waals surface area contributed by atoms with Crippen LogP contribution in [-0.4, -0.2) is 40.7 Å². The normalized spacial score (nSPS) is 13.0. The predicted molar refractivity (Wildman–Crippen MR) is 127 cm³/mol. The fourth-order valence-corrected chi connectivity index (χ4v) is 4.15. The van der Waals surface area contributed by atoms with E-state index in [9.17, 15) is 14.4 Å². The molecule has 0 bridgehead atoms. The third kappa shape index (κ3) is 4.76. The van der Waals surface area contributed by atoms with Crippen molar-refractivity contribution in [1.29, 1.82) is 0 Å². The molecular formula is C26H25N3O5. The van der Waals surface area contributed by atoms with Crippen molar-refractivity contribution in [2.24, 2.45) is 5.92 Å². The van der Waals surface area contributed by atoms with E-state index in [1.807, 2.05) is 36.4 Å². The minimum atomic E-state index is -1.15. The molecule has 1 unspecified atom stereocenters. The summed E-state index contributed by atoms with van der Waals surface area (Å²) < 4.78 is 5.55. The number of nitrogens with one attached hydrogen (secondary N) is 2. The molecule has 1 heterocycles.